The highest BCUT2D eigenvalue weighted by atomic mass is 79.9. The van der Waals surface area contributed by atoms with Gasteiger partial charge in [0.25, 0.3) is 0 Å². The molecule has 0 aromatic heterocycles. The van der Waals surface area contributed by atoms with Crippen LogP contribution in [0.5, 0.6) is 0 Å². The zero-order chi connectivity index (χ0) is 22.3. The van der Waals surface area contributed by atoms with E-state index in [0.29, 0.717) is 6.54 Å². The number of nitrogens with zero attached hydrogens (tertiary/aromatic N) is 2. The minimum absolute atomic E-state index is 0.134. The molecule has 0 saturated carbocycles. The van der Waals surface area contributed by atoms with E-state index in [-0.39, 0.29) is 11.8 Å². The number of carbonyl (C=O) groups is 1. The molecule has 4 rings (SSSR count). The minimum Gasteiger partial charge on any atom is -0.352 e. The topological polar surface area (TPSA) is 35.6 Å². The fourth-order valence-electron chi connectivity index (χ4n) is 4.82. The van der Waals surface area contributed by atoms with Gasteiger partial charge >= 0.3 is 0 Å². The molecule has 1 N–H and O–H groups in total. The van der Waals surface area contributed by atoms with E-state index in [2.05, 4.69) is 86.5 Å². The van der Waals surface area contributed by atoms with Gasteiger partial charge in [-0.2, -0.15) is 0 Å². The summed E-state index contributed by atoms with van der Waals surface area (Å²) in [5.41, 5.74) is 3.87. The van der Waals surface area contributed by atoms with Crippen molar-refractivity contribution in [3.05, 3.63) is 69.7 Å². The molecule has 2 aliphatic heterocycles. The lowest BCUT2D eigenvalue weighted by molar-refractivity contribution is -0.126. The smallest absolute Gasteiger partial charge is 0.223 e. The van der Waals surface area contributed by atoms with Crippen molar-refractivity contribution in [1.29, 1.82) is 0 Å². The Balaban J connectivity index is 1.17. The summed E-state index contributed by atoms with van der Waals surface area (Å²) in [6.07, 6.45) is 4.50. The quantitative estimate of drug-likeness (QED) is 0.570. The van der Waals surface area contributed by atoms with Crippen molar-refractivity contribution in [2.75, 3.05) is 26.2 Å². The van der Waals surface area contributed by atoms with Crippen molar-refractivity contribution in [1.82, 2.24) is 15.1 Å². The minimum atomic E-state index is 0.134. The van der Waals surface area contributed by atoms with Crippen LogP contribution < -0.4 is 5.32 Å². The lowest BCUT2D eigenvalue weighted by atomic mass is 9.95. The molecule has 172 valence electrons. The molecule has 0 aliphatic carbocycles. The van der Waals surface area contributed by atoms with E-state index in [4.69, 9.17) is 0 Å². The van der Waals surface area contributed by atoms with E-state index in [0.717, 1.165) is 49.4 Å². The molecule has 2 aromatic carbocycles. The van der Waals surface area contributed by atoms with Gasteiger partial charge in [-0.1, -0.05) is 59.3 Å². The molecule has 2 aliphatic rings. The second kappa shape index (κ2) is 11.4. The van der Waals surface area contributed by atoms with Gasteiger partial charge in [0.15, 0.2) is 0 Å². The van der Waals surface area contributed by atoms with Crippen LogP contribution in [-0.4, -0.2) is 41.9 Å². The molecule has 1 amide bonds. The van der Waals surface area contributed by atoms with Crippen LogP contribution >= 0.6 is 15.9 Å². The summed E-state index contributed by atoms with van der Waals surface area (Å²) in [7, 11) is 0. The number of hydrogen-bond acceptors (Lipinski definition) is 3. The Morgan fingerprint density at radius 2 is 1.47 bits per heavy atom. The van der Waals surface area contributed by atoms with E-state index in [1.807, 2.05) is 0 Å². The lowest BCUT2D eigenvalue weighted by Gasteiger charge is -2.31. The second-order valence-electron chi connectivity index (χ2n) is 9.67. The highest BCUT2D eigenvalue weighted by Crippen LogP contribution is 2.21. The molecule has 2 saturated heterocycles. The van der Waals surface area contributed by atoms with Crippen LogP contribution in [0, 0.1) is 11.8 Å². The largest absolute Gasteiger partial charge is 0.352 e. The van der Waals surface area contributed by atoms with E-state index in [9.17, 15) is 4.79 Å². The Morgan fingerprint density at radius 1 is 0.875 bits per heavy atom. The van der Waals surface area contributed by atoms with Gasteiger partial charge in [-0.05, 0) is 86.6 Å². The van der Waals surface area contributed by atoms with Crippen molar-refractivity contribution in [2.24, 2.45) is 11.8 Å². The van der Waals surface area contributed by atoms with Gasteiger partial charge in [-0.15, -0.1) is 0 Å². The molecule has 0 unspecified atom stereocenters. The van der Waals surface area contributed by atoms with Crippen LogP contribution in [0.15, 0.2) is 53.0 Å². The molecule has 2 aromatic rings. The Bertz CT molecular complexity index is 869. The molecule has 0 bridgehead atoms. The molecule has 0 radical (unpaired) electrons. The van der Waals surface area contributed by atoms with Crippen molar-refractivity contribution in [3.8, 4) is 0 Å². The third-order valence-corrected chi connectivity index (χ3v) is 7.52. The molecular weight excluding hydrogens is 462 g/mol. The van der Waals surface area contributed by atoms with E-state index < -0.39 is 0 Å². The number of rotatable bonds is 7. The van der Waals surface area contributed by atoms with Gasteiger partial charge in [0.1, 0.15) is 0 Å². The predicted molar refractivity (Wildman–Crippen MR) is 134 cm³/mol. The van der Waals surface area contributed by atoms with Crippen LogP contribution in [-0.2, 0) is 24.4 Å². The number of halogens is 1. The second-order valence-corrected chi connectivity index (χ2v) is 10.6. The summed E-state index contributed by atoms with van der Waals surface area (Å²) in [6, 6.07) is 17.3. The first kappa shape index (κ1) is 23.5. The number of nitrogens with one attached hydrogen (secondary N) is 1. The molecule has 2 fully saturated rings. The summed E-state index contributed by atoms with van der Waals surface area (Å²) in [6.45, 7) is 9.35. The van der Waals surface area contributed by atoms with Crippen LogP contribution in [0.3, 0.4) is 0 Å². The van der Waals surface area contributed by atoms with Gasteiger partial charge in [-0.3, -0.25) is 14.6 Å². The molecule has 2 heterocycles. The Hall–Kier alpha value is -1.69. The average molecular weight is 499 g/mol. The normalized spacial score (nSPS) is 19.2. The number of carbonyl (C=O) groups excluding carboxylic acids is 1. The maximum Gasteiger partial charge on any atom is 0.223 e. The van der Waals surface area contributed by atoms with Crippen molar-refractivity contribution >= 4 is 21.8 Å². The Labute approximate surface area is 201 Å². The zero-order valence-electron chi connectivity index (χ0n) is 19.2. The fourth-order valence-corrected chi connectivity index (χ4v) is 5.27. The Kier molecular flexibility index (Phi) is 8.39. The van der Waals surface area contributed by atoms with E-state index in [1.54, 1.807) is 0 Å². The number of hydrogen-bond donors (Lipinski definition) is 1. The van der Waals surface area contributed by atoms with Crippen LogP contribution in [0.4, 0.5) is 0 Å². The van der Waals surface area contributed by atoms with Crippen molar-refractivity contribution < 1.29 is 4.79 Å². The molecule has 0 spiro atoms. The van der Waals surface area contributed by atoms with E-state index in [1.165, 1.54) is 42.6 Å². The van der Waals surface area contributed by atoms with Gasteiger partial charge in [0.2, 0.25) is 5.91 Å². The lowest BCUT2D eigenvalue weighted by Crippen LogP contribution is -2.40. The number of piperidine rings is 2. The number of amides is 1. The van der Waals surface area contributed by atoms with Gasteiger partial charge in [-0.25, -0.2) is 0 Å². The van der Waals surface area contributed by atoms with E-state index >= 15 is 0 Å². The molecule has 4 nitrogen and oxygen atoms in total. The van der Waals surface area contributed by atoms with Gasteiger partial charge < -0.3 is 5.32 Å². The highest BCUT2D eigenvalue weighted by molar-refractivity contribution is 9.10. The first-order valence-electron chi connectivity index (χ1n) is 12.1. The average Bonchev–Trinajstić information content (AvgIpc) is 2.80. The number of benzene rings is 2. The summed E-state index contributed by atoms with van der Waals surface area (Å²) in [4.78, 5) is 17.7. The van der Waals surface area contributed by atoms with Gasteiger partial charge in [0, 0.05) is 30.0 Å². The fraction of sp³-hybridized carbons (Fsp3) is 0.519. The standard InChI is InChI=1S/C27H36BrN3O/c1-21-9-13-30(14-10-21)19-23-7-5-22(6-8-23)18-29-27(32)25-11-15-31(16-12-25)20-24-3-2-4-26(28)17-24/h2-8,17,21,25H,9-16,18-20H2,1H3,(H,29,32). The van der Waals surface area contributed by atoms with Crippen LogP contribution in [0.1, 0.15) is 49.3 Å². The maximum absolute atomic E-state index is 12.7. The Morgan fingerprint density at radius 3 is 2.12 bits per heavy atom. The zero-order valence-corrected chi connectivity index (χ0v) is 20.8. The molecule has 0 atom stereocenters. The first-order chi connectivity index (χ1) is 15.5. The molecule has 32 heavy (non-hydrogen) atoms. The highest BCUT2D eigenvalue weighted by Gasteiger charge is 2.24. The predicted octanol–water partition coefficient (Wildman–Crippen LogP) is 5.21. The van der Waals surface area contributed by atoms with Gasteiger partial charge in [0.05, 0.1) is 0 Å². The van der Waals surface area contributed by atoms with Crippen molar-refractivity contribution in [2.45, 2.75) is 52.2 Å². The summed E-state index contributed by atoms with van der Waals surface area (Å²) in [5.74, 6) is 1.21. The first-order valence-corrected chi connectivity index (χ1v) is 12.9. The SMILES string of the molecule is CC1CCN(Cc2ccc(CNC(=O)C3CCN(Cc4cccc(Br)c4)CC3)cc2)CC1. The third kappa shape index (κ3) is 6.90. The molecular formula is C27H36BrN3O. The van der Waals surface area contributed by atoms with Crippen LogP contribution in [0.25, 0.3) is 0 Å². The summed E-state index contributed by atoms with van der Waals surface area (Å²) >= 11 is 3.55. The summed E-state index contributed by atoms with van der Waals surface area (Å²) < 4.78 is 1.12. The number of likely N-dealkylation sites (tertiary alicyclic amines) is 2. The monoisotopic (exact) mass is 497 g/mol. The molecule has 5 heteroatoms. The van der Waals surface area contributed by atoms with Crippen LogP contribution in [0.2, 0.25) is 0 Å². The third-order valence-electron chi connectivity index (χ3n) is 7.03. The van der Waals surface area contributed by atoms with Crippen molar-refractivity contribution in [3.63, 3.8) is 0 Å². The summed E-state index contributed by atoms with van der Waals surface area (Å²) in [5, 5.41) is 3.17. The maximum atomic E-state index is 12.7.